The molecule has 1 aliphatic carbocycles. The van der Waals surface area contributed by atoms with E-state index in [9.17, 15) is 0 Å². The Labute approximate surface area is 76.9 Å². The van der Waals surface area contributed by atoms with Crippen LogP contribution in [0.25, 0.3) is 0 Å². The molecule has 1 saturated carbocycles. The van der Waals surface area contributed by atoms with Crippen molar-refractivity contribution in [3.8, 4) is 0 Å². The maximum Gasteiger partial charge on any atom is -0.00180 e. The monoisotopic (exact) mass is 169 g/mol. The van der Waals surface area contributed by atoms with Crippen LogP contribution >= 0.6 is 0 Å². The molecule has 1 heteroatoms. The third kappa shape index (κ3) is 3.14. The van der Waals surface area contributed by atoms with Gasteiger partial charge in [-0.15, -0.1) is 0 Å². The first-order valence-corrected chi connectivity index (χ1v) is 5.55. The van der Waals surface area contributed by atoms with Crippen molar-refractivity contribution in [3.63, 3.8) is 0 Å². The summed E-state index contributed by atoms with van der Waals surface area (Å²) in [5.74, 6) is 1.95. The number of hydrogen-bond donors (Lipinski definition) is 1. The van der Waals surface area contributed by atoms with Gasteiger partial charge >= 0.3 is 0 Å². The Hall–Kier alpha value is -0.0400. The van der Waals surface area contributed by atoms with Crippen molar-refractivity contribution in [2.24, 2.45) is 11.8 Å². The second-order valence-corrected chi connectivity index (χ2v) is 4.23. The normalized spacial score (nSPS) is 29.5. The van der Waals surface area contributed by atoms with Crippen LogP contribution < -0.4 is 5.32 Å². The van der Waals surface area contributed by atoms with Gasteiger partial charge in [-0.25, -0.2) is 0 Å². The van der Waals surface area contributed by atoms with Crippen molar-refractivity contribution in [2.75, 3.05) is 13.1 Å². The summed E-state index contributed by atoms with van der Waals surface area (Å²) in [6, 6.07) is 0. The van der Waals surface area contributed by atoms with Crippen LogP contribution in [0.3, 0.4) is 0 Å². The molecule has 1 nitrogen and oxygen atoms in total. The van der Waals surface area contributed by atoms with E-state index in [1.807, 2.05) is 0 Å². The van der Waals surface area contributed by atoms with E-state index >= 15 is 0 Å². The zero-order valence-electron chi connectivity index (χ0n) is 8.60. The molecule has 0 aromatic rings. The highest BCUT2D eigenvalue weighted by Gasteiger charge is 2.22. The molecule has 0 aromatic carbocycles. The summed E-state index contributed by atoms with van der Waals surface area (Å²) in [6.45, 7) is 7.14. The van der Waals surface area contributed by atoms with Crippen molar-refractivity contribution in [2.45, 2.75) is 46.0 Å². The third-order valence-electron chi connectivity index (χ3n) is 3.15. The average Bonchev–Trinajstić information content (AvgIpc) is 2.46. The zero-order valence-corrected chi connectivity index (χ0v) is 8.60. The van der Waals surface area contributed by atoms with Gasteiger partial charge in [0.05, 0.1) is 0 Å². The van der Waals surface area contributed by atoms with E-state index in [4.69, 9.17) is 0 Å². The van der Waals surface area contributed by atoms with Crippen LogP contribution in [0.5, 0.6) is 0 Å². The quantitative estimate of drug-likeness (QED) is 0.624. The van der Waals surface area contributed by atoms with E-state index in [0.717, 1.165) is 11.8 Å². The molecule has 0 amide bonds. The largest absolute Gasteiger partial charge is 0.316 e. The molecule has 1 rings (SSSR count). The van der Waals surface area contributed by atoms with Crippen LogP contribution in [0.1, 0.15) is 46.0 Å². The lowest BCUT2D eigenvalue weighted by Crippen LogP contribution is -2.25. The van der Waals surface area contributed by atoms with E-state index < -0.39 is 0 Å². The fourth-order valence-electron chi connectivity index (χ4n) is 2.11. The highest BCUT2D eigenvalue weighted by atomic mass is 14.9. The minimum absolute atomic E-state index is 0.971. The summed E-state index contributed by atoms with van der Waals surface area (Å²) in [4.78, 5) is 0. The summed E-state index contributed by atoms with van der Waals surface area (Å²) in [6.07, 6.45) is 7.02. The number of rotatable bonds is 5. The molecule has 1 aliphatic rings. The van der Waals surface area contributed by atoms with E-state index in [1.165, 1.54) is 45.2 Å². The van der Waals surface area contributed by atoms with Gasteiger partial charge in [0.2, 0.25) is 0 Å². The van der Waals surface area contributed by atoms with Crippen molar-refractivity contribution in [1.29, 1.82) is 0 Å². The molecule has 1 N–H and O–H groups in total. The predicted octanol–water partition coefficient (Wildman–Crippen LogP) is 2.81. The molecule has 0 aliphatic heterocycles. The van der Waals surface area contributed by atoms with Crippen molar-refractivity contribution in [3.05, 3.63) is 0 Å². The summed E-state index contributed by atoms with van der Waals surface area (Å²) >= 11 is 0. The lowest BCUT2D eigenvalue weighted by molar-refractivity contribution is 0.391. The van der Waals surface area contributed by atoms with Gasteiger partial charge in [0.25, 0.3) is 0 Å². The Morgan fingerprint density at radius 2 is 2.17 bits per heavy atom. The molecule has 0 radical (unpaired) electrons. The average molecular weight is 169 g/mol. The predicted molar refractivity (Wildman–Crippen MR) is 54.3 cm³/mol. The van der Waals surface area contributed by atoms with Crippen LogP contribution in [0.4, 0.5) is 0 Å². The fraction of sp³-hybridized carbons (Fsp3) is 1.00. The minimum atomic E-state index is 0.971. The first-order valence-electron chi connectivity index (χ1n) is 5.55. The molecule has 2 unspecified atom stereocenters. The molecular formula is C11H23N. The van der Waals surface area contributed by atoms with Gasteiger partial charge in [0, 0.05) is 0 Å². The maximum atomic E-state index is 3.56. The van der Waals surface area contributed by atoms with Crippen LogP contribution in [0.15, 0.2) is 0 Å². The van der Waals surface area contributed by atoms with Gasteiger partial charge in [0.1, 0.15) is 0 Å². The number of hydrogen-bond acceptors (Lipinski definition) is 1. The van der Waals surface area contributed by atoms with Gasteiger partial charge in [-0.05, 0) is 37.8 Å². The molecule has 0 saturated heterocycles. The maximum absolute atomic E-state index is 3.56. The first kappa shape index (κ1) is 10.0. The summed E-state index contributed by atoms with van der Waals surface area (Å²) in [5, 5.41) is 3.56. The molecule has 72 valence electrons. The summed E-state index contributed by atoms with van der Waals surface area (Å²) in [7, 11) is 0. The van der Waals surface area contributed by atoms with Crippen molar-refractivity contribution >= 4 is 0 Å². The Kier molecular flexibility index (Phi) is 4.67. The van der Waals surface area contributed by atoms with Gasteiger partial charge in [0.15, 0.2) is 0 Å². The number of unbranched alkanes of at least 4 members (excludes halogenated alkanes) is 1. The Morgan fingerprint density at radius 1 is 1.33 bits per heavy atom. The highest BCUT2D eigenvalue weighted by Crippen LogP contribution is 2.30. The van der Waals surface area contributed by atoms with E-state index in [-0.39, 0.29) is 0 Å². The fourth-order valence-corrected chi connectivity index (χ4v) is 2.11. The third-order valence-corrected chi connectivity index (χ3v) is 3.15. The van der Waals surface area contributed by atoms with Gasteiger partial charge in [-0.2, -0.15) is 0 Å². The minimum Gasteiger partial charge on any atom is -0.316 e. The Morgan fingerprint density at radius 3 is 2.75 bits per heavy atom. The molecule has 0 bridgehead atoms. The summed E-state index contributed by atoms with van der Waals surface area (Å²) < 4.78 is 0. The Balaban J connectivity index is 1.98. The van der Waals surface area contributed by atoms with E-state index in [0.29, 0.717) is 0 Å². The molecule has 1 fully saturated rings. The summed E-state index contributed by atoms with van der Waals surface area (Å²) in [5.41, 5.74) is 0. The lowest BCUT2D eigenvalue weighted by atomic mass is 9.98. The molecular weight excluding hydrogens is 146 g/mol. The van der Waals surface area contributed by atoms with E-state index in [2.05, 4.69) is 19.2 Å². The zero-order chi connectivity index (χ0) is 8.81. The van der Waals surface area contributed by atoms with Crippen LogP contribution in [-0.2, 0) is 0 Å². The molecule has 0 spiro atoms. The lowest BCUT2D eigenvalue weighted by Gasteiger charge is -2.15. The molecule has 12 heavy (non-hydrogen) atoms. The Bertz CT molecular complexity index is 112. The second kappa shape index (κ2) is 5.58. The van der Waals surface area contributed by atoms with Crippen molar-refractivity contribution in [1.82, 2.24) is 5.32 Å². The van der Waals surface area contributed by atoms with Crippen LogP contribution in [0.2, 0.25) is 0 Å². The molecule has 0 aromatic heterocycles. The SMILES string of the molecule is CCCCNCC1CCCC1C. The topological polar surface area (TPSA) is 12.0 Å². The van der Waals surface area contributed by atoms with Crippen LogP contribution in [-0.4, -0.2) is 13.1 Å². The first-order chi connectivity index (χ1) is 5.84. The molecule has 0 heterocycles. The van der Waals surface area contributed by atoms with Gasteiger partial charge in [-0.1, -0.05) is 33.1 Å². The van der Waals surface area contributed by atoms with Crippen LogP contribution in [0, 0.1) is 11.8 Å². The van der Waals surface area contributed by atoms with Crippen molar-refractivity contribution < 1.29 is 0 Å². The van der Waals surface area contributed by atoms with Gasteiger partial charge < -0.3 is 5.32 Å². The molecule has 2 atom stereocenters. The van der Waals surface area contributed by atoms with E-state index in [1.54, 1.807) is 0 Å². The highest BCUT2D eigenvalue weighted by molar-refractivity contribution is 4.75. The second-order valence-electron chi connectivity index (χ2n) is 4.23. The number of nitrogens with one attached hydrogen (secondary N) is 1. The smallest absolute Gasteiger partial charge is 0.00180 e. The standard InChI is InChI=1S/C11H23N/c1-3-4-8-12-9-11-7-5-6-10(11)2/h10-12H,3-9H2,1-2H3. The van der Waals surface area contributed by atoms with Gasteiger partial charge in [-0.3, -0.25) is 0 Å².